The maximum Gasteiger partial charge on any atom is 0.133 e. The molecule has 0 saturated heterocycles. The summed E-state index contributed by atoms with van der Waals surface area (Å²) in [7, 11) is 0. The first kappa shape index (κ1) is 5.34. The quantitative estimate of drug-likeness (QED) is 0.533. The Bertz CT molecular complexity index is 195. The average Bonchev–Trinajstić information content (AvgIpc) is 2.38. The van der Waals surface area contributed by atoms with E-state index >= 15 is 0 Å². The lowest BCUT2D eigenvalue weighted by Gasteiger charge is -2.08. The molecule has 0 aromatic heterocycles. The maximum atomic E-state index is 11.1. The fourth-order valence-corrected chi connectivity index (χ4v) is 3.68. The number of hydrogen-bond acceptors (Lipinski definition) is 1. The molecular weight excluding hydrogens is 124 g/mol. The Hall–Kier alpha value is -0.330. The van der Waals surface area contributed by atoms with E-state index in [-0.39, 0.29) is 0 Å². The van der Waals surface area contributed by atoms with Crippen molar-refractivity contribution in [1.29, 1.82) is 0 Å². The van der Waals surface area contributed by atoms with E-state index < -0.39 is 0 Å². The predicted molar refractivity (Wildman–Crippen MR) is 37.4 cm³/mol. The van der Waals surface area contributed by atoms with Crippen molar-refractivity contribution < 1.29 is 4.79 Å². The lowest BCUT2D eigenvalue weighted by molar-refractivity contribution is -0.121. The van der Waals surface area contributed by atoms with E-state index in [1.165, 1.54) is 12.8 Å². The van der Waals surface area contributed by atoms with Gasteiger partial charge in [-0.2, -0.15) is 0 Å². The number of carbonyl (C=O) groups is 1. The van der Waals surface area contributed by atoms with E-state index in [0.717, 1.165) is 23.7 Å². The van der Waals surface area contributed by atoms with Crippen LogP contribution in [0.4, 0.5) is 0 Å². The molecule has 0 heterocycles. The third kappa shape index (κ3) is 0.388. The molecule has 1 nitrogen and oxygen atoms in total. The summed E-state index contributed by atoms with van der Waals surface area (Å²) < 4.78 is 0. The van der Waals surface area contributed by atoms with Gasteiger partial charge in [-0.15, -0.1) is 0 Å². The molecule has 54 valence electrons. The summed E-state index contributed by atoms with van der Waals surface area (Å²) in [5, 5.41) is 0. The van der Waals surface area contributed by atoms with Gasteiger partial charge in [0.2, 0.25) is 0 Å². The van der Waals surface area contributed by atoms with Gasteiger partial charge < -0.3 is 0 Å². The third-order valence-corrected chi connectivity index (χ3v) is 3.94. The summed E-state index contributed by atoms with van der Waals surface area (Å²) in [5.74, 6) is 4.66. The first-order valence-electron chi connectivity index (χ1n) is 4.29. The zero-order valence-corrected chi connectivity index (χ0v) is 6.21. The Labute approximate surface area is 60.8 Å². The Morgan fingerprint density at radius 3 is 2.10 bits per heavy atom. The molecule has 10 heavy (non-hydrogen) atoms. The standard InChI is InChI=1S/C9H12O/c1-4(10)8-5-2-6-7(3-5)9(6)8/h5-9H,2-3H2,1H3/t5?,6-,7+,8-,9?/m1/s1. The molecule has 1 heteroatoms. The van der Waals surface area contributed by atoms with Crippen molar-refractivity contribution in [3.05, 3.63) is 0 Å². The molecule has 0 aromatic carbocycles. The third-order valence-electron chi connectivity index (χ3n) is 3.94. The molecule has 4 aliphatic carbocycles. The van der Waals surface area contributed by atoms with Crippen molar-refractivity contribution in [3.8, 4) is 0 Å². The van der Waals surface area contributed by atoms with Crippen LogP contribution in [0.15, 0.2) is 0 Å². The SMILES string of the molecule is CC(=O)[C@@H]1C2C[C@@H]3C1[C@@H]3C2. The minimum Gasteiger partial charge on any atom is -0.300 e. The zero-order valence-electron chi connectivity index (χ0n) is 6.21. The van der Waals surface area contributed by atoms with E-state index in [4.69, 9.17) is 0 Å². The van der Waals surface area contributed by atoms with E-state index in [0.29, 0.717) is 11.7 Å². The summed E-state index contributed by atoms with van der Waals surface area (Å²) in [6, 6.07) is 0. The van der Waals surface area contributed by atoms with Crippen LogP contribution in [0.3, 0.4) is 0 Å². The molecule has 4 saturated carbocycles. The highest BCUT2D eigenvalue weighted by molar-refractivity contribution is 5.80. The number of Topliss-reactive ketones (excluding diaryl/α,β-unsaturated/α-hetero) is 1. The van der Waals surface area contributed by atoms with Crippen molar-refractivity contribution >= 4 is 5.78 Å². The predicted octanol–water partition coefficient (Wildman–Crippen LogP) is 1.48. The Morgan fingerprint density at radius 1 is 1.30 bits per heavy atom. The summed E-state index contributed by atoms with van der Waals surface area (Å²) >= 11 is 0. The molecule has 4 rings (SSSR count). The molecule has 0 aliphatic heterocycles. The molecular formula is C9H12O. The molecule has 0 spiro atoms. The van der Waals surface area contributed by atoms with Gasteiger partial charge in [0.1, 0.15) is 5.78 Å². The van der Waals surface area contributed by atoms with Crippen LogP contribution in [0.2, 0.25) is 0 Å². The highest BCUT2D eigenvalue weighted by Crippen LogP contribution is 2.73. The molecule has 0 aromatic rings. The van der Waals surface area contributed by atoms with E-state index in [2.05, 4.69) is 0 Å². The zero-order chi connectivity index (χ0) is 6.88. The van der Waals surface area contributed by atoms with Crippen LogP contribution in [0.25, 0.3) is 0 Å². The van der Waals surface area contributed by atoms with Gasteiger partial charge in [-0.05, 0) is 43.4 Å². The van der Waals surface area contributed by atoms with Gasteiger partial charge in [0, 0.05) is 5.92 Å². The van der Waals surface area contributed by atoms with E-state index in [1.54, 1.807) is 6.92 Å². The molecule has 0 amide bonds. The van der Waals surface area contributed by atoms with Crippen LogP contribution in [0.1, 0.15) is 19.8 Å². The topological polar surface area (TPSA) is 17.1 Å². The number of ketones is 1. The highest BCUT2D eigenvalue weighted by atomic mass is 16.1. The van der Waals surface area contributed by atoms with Gasteiger partial charge in [-0.1, -0.05) is 0 Å². The van der Waals surface area contributed by atoms with Crippen LogP contribution in [0.5, 0.6) is 0 Å². The normalized spacial score (nSPS) is 61.1. The molecule has 4 aliphatic rings. The second kappa shape index (κ2) is 1.32. The van der Waals surface area contributed by atoms with Gasteiger partial charge >= 0.3 is 0 Å². The number of rotatable bonds is 1. The number of hydrogen-bond donors (Lipinski definition) is 0. The fourth-order valence-electron chi connectivity index (χ4n) is 3.68. The Morgan fingerprint density at radius 2 is 1.90 bits per heavy atom. The van der Waals surface area contributed by atoms with Gasteiger partial charge in [-0.25, -0.2) is 0 Å². The molecule has 0 N–H and O–H groups in total. The Kier molecular flexibility index (Phi) is 0.704. The second-order valence-electron chi connectivity index (χ2n) is 4.27. The summed E-state index contributed by atoms with van der Waals surface area (Å²) in [5.41, 5.74) is 0. The molecule has 2 unspecified atom stereocenters. The van der Waals surface area contributed by atoms with Crippen molar-refractivity contribution in [2.45, 2.75) is 19.8 Å². The second-order valence-corrected chi connectivity index (χ2v) is 4.27. The highest BCUT2D eigenvalue weighted by Gasteiger charge is 2.69. The Balaban J connectivity index is 1.97. The van der Waals surface area contributed by atoms with Crippen molar-refractivity contribution in [3.63, 3.8) is 0 Å². The van der Waals surface area contributed by atoms with Gasteiger partial charge in [0.15, 0.2) is 0 Å². The van der Waals surface area contributed by atoms with Crippen LogP contribution >= 0.6 is 0 Å². The largest absolute Gasteiger partial charge is 0.300 e. The lowest BCUT2D eigenvalue weighted by atomic mass is 9.95. The van der Waals surface area contributed by atoms with Crippen molar-refractivity contribution in [2.75, 3.05) is 0 Å². The fraction of sp³-hybridized carbons (Fsp3) is 0.889. The first-order chi connectivity index (χ1) is 4.79. The molecule has 5 atom stereocenters. The molecule has 0 radical (unpaired) electrons. The van der Waals surface area contributed by atoms with Crippen LogP contribution in [-0.2, 0) is 4.79 Å². The summed E-state index contributed by atoms with van der Waals surface area (Å²) in [4.78, 5) is 11.1. The van der Waals surface area contributed by atoms with Crippen LogP contribution in [0, 0.1) is 29.6 Å². The lowest BCUT2D eigenvalue weighted by Crippen LogP contribution is -2.14. The monoisotopic (exact) mass is 136 g/mol. The van der Waals surface area contributed by atoms with Crippen molar-refractivity contribution in [2.24, 2.45) is 29.6 Å². The van der Waals surface area contributed by atoms with Gasteiger partial charge in [0.05, 0.1) is 0 Å². The number of carbonyl (C=O) groups excluding carboxylic acids is 1. The average molecular weight is 136 g/mol. The summed E-state index contributed by atoms with van der Waals surface area (Å²) in [6.45, 7) is 1.78. The smallest absolute Gasteiger partial charge is 0.133 e. The minimum atomic E-state index is 0.470. The first-order valence-corrected chi connectivity index (χ1v) is 4.29. The molecule has 4 fully saturated rings. The van der Waals surface area contributed by atoms with E-state index in [9.17, 15) is 4.79 Å². The van der Waals surface area contributed by atoms with E-state index in [1.807, 2.05) is 0 Å². The summed E-state index contributed by atoms with van der Waals surface area (Å²) in [6.07, 6.45) is 2.78. The van der Waals surface area contributed by atoms with Crippen molar-refractivity contribution in [1.82, 2.24) is 0 Å². The van der Waals surface area contributed by atoms with Gasteiger partial charge in [0.25, 0.3) is 0 Å². The minimum absolute atomic E-state index is 0.470. The van der Waals surface area contributed by atoms with Crippen LogP contribution in [-0.4, -0.2) is 5.78 Å². The molecule has 4 bridgehead atoms. The van der Waals surface area contributed by atoms with Gasteiger partial charge in [-0.3, -0.25) is 4.79 Å². The maximum absolute atomic E-state index is 11.1. The van der Waals surface area contributed by atoms with Crippen LogP contribution < -0.4 is 0 Å².